The number of imidazole rings is 1. The summed E-state index contributed by atoms with van der Waals surface area (Å²) in [6, 6.07) is 14.0. The van der Waals surface area contributed by atoms with E-state index in [-0.39, 0.29) is 12.5 Å². The fraction of sp³-hybridized carbons (Fsp3) is 0.158. The Morgan fingerprint density at radius 2 is 2.04 bits per heavy atom. The Balaban J connectivity index is 1.84. The monoisotopic (exact) mass is 306 g/mol. The molecule has 4 heteroatoms. The standard InChI is InChI=1S/C19H19N3O/c1-4-21-13-22(18-8-6-5-7-17(18)21)12-19(23)20-16-10-9-14(2)11-15(16)3/h4-11,13H,1,12H2,2-3H3/p+1. The maximum Gasteiger partial charge on any atom is 0.266 e. The van der Waals surface area contributed by atoms with E-state index in [1.54, 1.807) is 6.20 Å². The third kappa shape index (κ3) is 3.01. The van der Waals surface area contributed by atoms with Crippen molar-refractivity contribution in [2.24, 2.45) is 0 Å². The fourth-order valence-corrected chi connectivity index (χ4v) is 2.77. The first kappa shape index (κ1) is 15.0. The van der Waals surface area contributed by atoms with Crippen LogP contribution in [-0.2, 0) is 11.3 Å². The van der Waals surface area contributed by atoms with Crippen molar-refractivity contribution in [1.29, 1.82) is 0 Å². The van der Waals surface area contributed by atoms with E-state index in [0.717, 1.165) is 22.3 Å². The smallest absolute Gasteiger partial charge is 0.266 e. The highest BCUT2D eigenvalue weighted by molar-refractivity contribution is 5.90. The number of anilines is 1. The van der Waals surface area contributed by atoms with Crippen molar-refractivity contribution in [3.05, 3.63) is 66.5 Å². The van der Waals surface area contributed by atoms with E-state index in [4.69, 9.17) is 0 Å². The second-order valence-corrected chi connectivity index (χ2v) is 5.69. The first-order chi connectivity index (χ1) is 11.1. The predicted molar refractivity (Wildman–Crippen MR) is 93.1 cm³/mol. The number of nitrogens with one attached hydrogen (secondary N) is 1. The summed E-state index contributed by atoms with van der Waals surface area (Å²) < 4.78 is 3.84. The van der Waals surface area contributed by atoms with Crippen LogP contribution < -0.4 is 9.88 Å². The molecule has 0 bridgehead atoms. The zero-order chi connectivity index (χ0) is 16.4. The van der Waals surface area contributed by atoms with Crippen LogP contribution in [0.3, 0.4) is 0 Å². The van der Waals surface area contributed by atoms with Gasteiger partial charge in [-0.25, -0.2) is 9.13 Å². The van der Waals surface area contributed by atoms with Crippen LogP contribution in [-0.4, -0.2) is 10.5 Å². The largest absolute Gasteiger partial charge is 0.322 e. The van der Waals surface area contributed by atoms with Gasteiger partial charge in [0.1, 0.15) is 0 Å². The molecule has 0 saturated heterocycles. The molecule has 0 radical (unpaired) electrons. The van der Waals surface area contributed by atoms with E-state index in [1.165, 1.54) is 5.56 Å². The summed E-state index contributed by atoms with van der Waals surface area (Å²) in [5.74, 6) is -0.0473. The highest BCUT2D eigenvalue weighted by Gasteiger charge is 2.16. The zero-order valence-corrected chi connectivity index (χ0v) is 13.4. The molecule has 1 heterocycles. The average molecular weight is 306 g/mol. The van der Waals surface area contributed by atoms with Gasteiger partial charge in [0.2, 0.25) is 6.33 Å². The van der Waals surface area contributed by atoms with Gasteiger partial charge in [0, 0.05) is 5.69 Å². The Hall–Kier alpha value is -2.88. The Morgan fingerprint density at radius 1 is 1.26 bits per heavy atom. The third-order valence-electron chi connectivity index (χ3n) is 3.90. The minimum absolute atomic E-state index is 0.0473. The van der Waals surface area contributed by atoms with Gasteiger partial charge in [0.05, 0.1) is 6.20 Å². The molecular weight excluding hydrogens is 286 g/mol. The molecule has 0 fully saturated rings. The normalized spacial score (nSPS) is 10.7. The molecule has 3 rings (SSSR count). The molecular formula is C19H20N3O+. The lowest BCUT2D eigenvalue weighted by atomic mass is 10.1. The second kappa shape index (κ2) is 6.08. The number of aromatic nitrogens is 2. The number of carbonyl (C=O) groups excluding carboxylic acids is 1. The van der Waals surface area contributed by atoms with Gasteiger partial charge in [-0.15, -0.1) is 0 Å². The van der Waals surface area contributed by atoms with Gasteiger partial charge >= 0.3 is 0 Å². The topological polar surface area (TPSA) is 37.9 Å². The van der Waals surface area contributed by atoms with Crippen LogP contribution in [0.15, 0.2) is 55.4 Å². The molecule has 4 nitrogen and oxygen atoms in total. The van der Waals surface area contributed by atoms with Crippen molar-refractivity contribution in [3.63, 3.8) is 0 Å². The molecule has 0 atom stereocenters. The number of aryl methyl sites for hydroxylation is 2. The third-order valence-corrected chi connectivity index (χ3v) is 3.90. The van der Waals surface area contributed by atoms with E-state index in [2.05, 4.69) is 18.0 Å². The summed E-state index contributed by atoms with van der Waals surface area (Å²) in [6.07, 6.45) is 3.63. The maximum absolute atomic E-state index is 12.4. The lowest BCUT2D eigenvalue weighted by Gasteiger charge is -2.08. The van der Waals surface area contributed by atoms with Crippen LogP contribution in [0.4, 0.5) is 5.69 Å². The van der Waals surface area contributed by atoms with Gasteiger partial charge in [-0.1, -0.05) is 36.4 Å². The molecule has 0 unspecified atom stereocenters. The Bertz CT molecular complexity index is 893. The molecule has 1 amide bonds. The van der Waals surface area contributed by atoms with Crippen molar-refractivity contribution >= 4 is 28.8 Å². The van der Waals surface area contributed by atoms with E-state index in [1.807, 2.05) is 65.7 Å². The molecule has 0 aliphatic rings. The molecule has 23 heavy (non-hydrogen) atoms. The highest BCUT2D eigenvalue weighted by Crippen LogP contribution is 2.16. The van der Waals surface area contributed by atoms with Crippen molar-refractivity contribution in [2.45, 2.75) is 20.4 Å². The number of benzene rings is 2. The van der Waals surface area contributed by atoms with Crippen LogP contribution in [0.1, 0.15) is 11.1 Å². The molecule has 0 aliphatic heterocycles. The Morgan fingerprint density at radius 3 is 2.78 bits per heavy atom. The van der Waals surface area contributed by atoms with Crippen molar-refractivity contribution < 1.29 is 9.36 Å². The Kier molecular flexibility index (Phi) is 3.98. The summed E-state index contributed by atoms with van der Waals surface area (Å²) in [6.45, 7) is 8.11. The quantitative estimate of drug-likeness (QED) is 0.738. The van der Waals surface area contributed by atoms with E-state index in [0.29, 0.717) is 0 Å². The minimum Gasteiger partial charge on any atom is -0.322 e. The van der Waals surface area contributed by atoms with Crippen molar-refractivity contribution in [3.8, 4) is 0 Å². The number of fused-ring (bicyclic) bond motifs is 1. The lowest BCUT2D eigenvalue weighted by molar-refractivity contribution is -0.658. The van der Waals surface area contributed by atoms with Crippen LogP contribution >= 0.6 is 0 Å². The maximum atomic E-state index is 12.4. The van der Waals surface area contributed by atoms with Crippen LogP contribution in [0.2, 0.25) is 0 Å². The van der Waals surface area contributed by atoms with E-state index >= 15 is 0 Å². The molecule has 3 aromatic rings. The SMILES string of the molecule is C=Cn1c[n+](CC(=O)Nc2ccc(C)cc2C)c2ccccc21. The molecule has 2 aromatic carbocycles. The number of nitrogens with zero attached hydrogens (tertiary/aromatic N) is 2. The molecule has 1 N–H and O–H groups in total. The summed E-state index contributed by atoms with van der Waals surface area (Å²) >= 11 is 0. The molecule has 1 aromatic heterocycles. The highest BCUT2D eigenvalue weighted by atomic mass is 16.1. The number of para-hydroxylation sites is 2. The average Bonchev–Trinajstić information content (AvgIpc) is 2.88. The lowest BCUT2D eigenvalue weighted by Crippen LogP contribution is -2.39. The molecule has 0 spiro atoms. The summed E-state index contributed by atoms with van der Waals surface area (Å²) in [5.41, 5.74) is 5.14. The fourth-order valence-electron chi connectivity index (χ4n) is 2.77. The van der Waals surface area contributed by atoms with Crippen LogP contribution in [0.25, 0.3) is 17.2 Å². The number of rotatable bonds is 4. The molecule has 0 aliphatic carbocycles. The van der Waals surface area contributed by atoms with Gasteiger partial charge in [0.25, 0.3) is 5.91 Å². The number of hydrogen-bond donors (Lipinski definition) is 1. The van der Waals surface area contributed by atoms with Crippen LogP contribution in [0, 0.1) is 13.8 Å². The van der Waals surface area contributed by atoms with Crippen LogP contribution in [0.5, 0.6) is 0 Å². The first-order valence-corrected chi connectivity index (χ1v) is 7.57. The predicted octanol–water partition coefficient (Wildman–Crippen LogP) is 3.28. The summed E-state index contributed by atoms with van der Waals surface area (Å²) in [4.78, 5) is 12.4. The molecule has 116 valence electrons. The van der Waals surface area contributed by atoms with Gasteiger partial charge < -0.3 is 5.32 Å². The number of carbonyl (C=O) groups is 1. The second-order valence-electron chi connectivity index (χ2n) is 5.69. The minimum atomic E-state index is -0.0473. The zero-order valence-electron chi connectivity index (χ0n) is 13.4. The van der Waals surface area contributed by atoms with Gasteiger partial charge in [-0.05, 0) is 37.6 Å². The van der Waals surface area contributed by atoms with Gasteiger partial charge in [0.15, 0.2) is 17.6 Å². The summed E-state index contributed by atoms with van der Waals surface area (Å²) in [5, 5.41) is 2.98. The van der Waals surface area contributed by atoms with Gasteiger partial charge in [-0.3, -0.25) is 4.79 Å². The van der Waals surface area contributed by atoms with E-state index < -0.39 is 0 Å². The molecule has 0 saturated carbocycles. The number of hydrogen-bond acceptors (Lipinski definition) is 1. The van der Waals surface area contributed by atoms with Gasteiger partial charge in [-0.2, -0.15) is 0 Å². The first-order valence-electron chi connectivity index (χ1n) is 7.57. The summed E-state index contributed by atoms with van der Waals surface area (Å²) in [7, 11) is 0. The van der Waals surface area contributed by atoms with Crippen molar-refractivity contribution in [2.75, 3.05) is 5.32 Å². The van der Waals surface area contributed by atoms with E-state index in [9.17, 15) is 4.79 Å². The van der Waals surface area contributed by atoms with Crippen molar-refractivity contribution in [1.82, 2.24) is 4.57 Å². The Labute approximate surface area is 135 Å². The number of amides is 1.